The van der Waals surface area contributed by atoms with Crippen LogP contribution in [0.4, 0.5) is 0 Å². The molecular weight excluding hydrogens is 705 g/mol. The van der Waals surface area contributed by atoms with E-state index < -0.39 is 5.41 Å². The molecule has 0 bridgehead atoms. The molecule has 11 rings (SSSR count). The van der Waals surface area contributed by atoms with E-state index in [0.717, 1.165) is 73.0 Å². The van der Waals surface area contributed by atoms with Gasteiger partial charge in [-0.3, -0.25) is 0 Å². The molecule has 0 radical (unpaired) electrons. The maximum atomic E-state index is 6.65. The van der Waals surface area contributed by atoms with Crippen molar-refractivity contribution in [2.75, 3.05) is 0 Å². The molecule has 0 atom stereocenters. The van der Waals surface area contributed by atoms with Crippen molar-refractivity contribution in [2.24, 2.45) is 0 Å². The molecule has 1 aromatic heterocycles. The molecule has 0 amide bonds. The van der Waals surface area contributed by atoms with E-state index in [1.165, 1.54) is 21.5 Å². The zero-order valence-electron chi connectivity index (χ0n) is 31.6. The van der Waals surface area contributed by atoms with Gasteiger partial charge in [0, 0.05) is 27.8 Å². The first-order valence-electron chi connectivity index (χ1n) is 19.7. The van der Waals surface area contributed by atoms with Crippen LogP contribution < -0.4 is 4.74 Å². The third-order valence-electron chi connectivity index (χ3n) is 11.6. The standard InChI is InChI=1S/C55H36N2O/c1-3-18-38(19-4-1)50-36-51(40-33-34-43-39(35-40)32-31-37-17-7-8-22-42(37)43)57-54(56-50)46-25-10-9-23-44(46)45-24-11-12-26-47(45)55(41-20-5-2-6-21-41)48-27-13-15-29-52(48)58-53-30-16-14-28-49(53)55/h1-36H. The Kier molecular flexibility index (Phi) is 8.04. The number of rotatable bonds is 6. The van der Waals surface area contributed by atoms with Crippen LogP contribution in [0.15, 0.2) is 218 Å². The minimum atomic E-state index is -0.691. The van der Waals surface area contributed by atoms with Gasteiger partial charge in [-0.25, -0.2) is 9.97 Å². The number of hydrogen-bond acceptors (Lipinski definition) is 3. The number of ether oxygens (including phenoxy) is 1. The second-order valence-corrected chi connectivity index (χ2v) is 14.9. The van der Waals surface area contributed by atoms with Gasteiger partial charge in [-0.2, -0.15) is 0 Å². The molecule has 3 nitrogen and oxygen atoms in total. The summed E-state index contributed by atoms with van der Waals surface area (Å²) in [5.41, 5.74) is 10.7. The molecule has 272 valence electrons. The Morgan fingerprint density at radius 3 is 1.62 bits per heavy atom. The maximum Gasteiger partial charge on any atom is 0.161 e. The van der Waals surface area contributed by atoms with Gasteiger partial charge in [0.1, 0.15) is 11.5 Å². The molecule has 0 saturated heterocycles. The Hall–Kier alpha value is -7.62. The van der Waals surface area contributed by atoms with E-state index in [9.17, 15) is 0 Å². The van der Waals surface area contributed by atoms with E-state index >= 15 is 0 Å². The van der Waals surface area contributed by atoms with E-state index in [1.807, 2.05) is 6.07 Å². The summed E-state index contributed by atoms with van der Waals surface area (Å²) < 4.78 is 6.65. The van der Waals surface area contributed by atoms with Crippen LogP contribution in [0.5, 0.6) is 11.5 Å². The van der Waals surface area contributed by atoms with E-state index in [-0.39, 0.29) is 0 Å². The maximum absolute atomic E-state index is 6.65. The average Bonchev–Trinajstić information content (AvgIpc) is 3.31. The summed E-state index contributed by atoms with van der Waals surface area (Å²) in [6.07, 6.45) is 0. The molecule has 0 aliphatic carbocycles. The van der Waals surface area contributed by atoms with Gasteiger partial charge >= 0.3 is 0 Å². The molecule has 0 unspecified atom stereocenters. The smallest absolute Gasteiger partial charge is 0.161 e. The topological polar surface area (TPSA) is 35.0 Å². The first-order valence-corrected chi connectivity index (χ1v) is 19.7. The minimum absolute atomic E-state index is 0.668. The summed E-state index contributed by atoms with van der Waals surface area (Å²) >= 11 is 0. The summed E-state index contributed by atoms with van der Waals surface area (Å²) in [4.78, 5) is 10.8. The number of para-hydroxylation sites is 2. The Balaban J connectivity index is 1.15. The van der Waals surface area contributed by atoms with Crippen molar-refractivity contribution in [3.63, 3.8) is 0 Å². The van der Waals surface area contributed by atoms with Crippen LogP contribution in [0.2, 0.25) is 0 Å². The normalized spacial score (nSPS) is 12.8. The van der Waals surface area contributed by atoms with E-state index in [2.05, 4.69) is 212 Å². The zero-order chi connectivity index (χ0) is 38.5. The molecular formula is C55H36N2O. The second kappa shape index (κ2) is 13.8. The summed E-state index contributed by atoms with van der Waals surface area (Å²) in [5, 5.41) is 4.88. The molecule has 0 fully saturated rings. The van der Waals surface area contributed by atoms with Crippen LogP contribution in [-0.4, -0.2) is 9.97 Å². The second-order valence-electron chi connectivity index (χ2n) is 14.9. The largest absolute Gasteiger partial charge is 0.457 e. The number of nitrogens with zero attached hydrogens (tertiary/aromatic N) is 2. The van der Waals surface area contributed by atoms with Gasteiger partial charge < -0.3 is 4.74 Å². The van der Waals surface area contributed by atoms with Crippen molar-refractivity contribution < 1.29 is 4.74 Å². The molecule has 58 heavy (non-hydrogen) atoms. The lowest BCUT2D eigenvalue weighted by Crippen LogP contribution is -2.34. The Labute approximate surface area is 337 Å². The minimum Gasteiger partial charge on any atom is -0.457 e. The lowest BCUT2D eigenvalue weighted by Gasteiger charge is -2.42. The average molecular weight is 741 g/mol. The molecule has 1 aliphatic heterocycles. The van der Waals surface area contributed by atoms with E-state index in [1.54, 1.807) is 0 Å². The number of benzene rings is 9. The van der Waals surface area contributed by atoms with Gasteiger partial charge in [-0.05, 0) is 68.1 Å². The van der Waals surface area contributed by atoms with Gasteiger partial charge in [0.25, 0.3) is 0 Å². The number of aromatic nitrogens is 2. The Morgan fingerprint density at radius 1 is 0.345 bits per heavy atom. The molecule has 0 N–H and O–H groups in total. The van der Waals surface area contributed by atoms with E-state index in [4.69, 9.17) is 14.7 Å². The summed E-state index contributed by atoms with van der Waals surface area (Å²) in [6, 6.07) is 77.3. The van der Waals surface area contributed by atoms with Crippen molar-refractivity contribution in [3.8, 4) is 56.5 Å². The predicted octanol–water partition coefficient (Wildman–Crippen LogP) is 13.9. The van der Waals surface area contributed by atoms with Gasteiger partial charge in [-0.1, -0.05) is 194 Å². The highest BCUT2D eigenvalue weighted by atomic mass is 16.5. The first kappa shape index (κ1) is 33.7. The monoisotopic (exact) mass is 740 g/mol. The molecule has 2 heterocycles. The molecule has 3 heteroatoms. The fraction of sp³-hybridized carbons (Fsp3) is 0.0182. The third kappa shape index (κ3) is 5.43. The van der Waals surface area contributed by atoms with Crippen LogP contribution >= 0.6 is 0 Å². The van der Waals surface area contributed by atoms with Gasteiger partial charge in [-0.15, -0.1) is 0 Å². The van der Waals surface area contributed by atoms with Gasteiger partial charge in [0.15, 0.2) is 5.82 Å². The lowest BCUT2D eigenvalue weighted by atomic mass is 9.62. The van der Waals surface area contributed by atoms with Crippen molar-refractivity contribution >= 4 is 21.5 Å². The fourth-order valence-electron chi connectivity index (χ4n) is 9.04. The van der Waals surface area contributed by atoms with Crippen LogP contribution in [0.3, 0.4) is 0 Å². The van der Waals surface area contributed by atoms with Crippen LogP contribution in [0.25, 0.3) is 66.6 Å². The molecule has 1 aliphatic rings. The summed E-state index contributed by atoms with van der Waals surface area (Å²) in [5.74, 6) is 2.36. The number of fused-ring (bicyclic) bond motifs is 5. The number of hydrogen-bond donors (Lipinski definition) is 0. The van der Waals surface area contributed by atoms with Gasteiger partial charge in [0.05, 0.1) is 16.8 Å². The Morgan fingerprint density at radius 2 is 0.879 bits per heavy atom. The molecule has 9 aromatic carbocycles. The van der Waals surface area contributed by atoms with Crippen molar-refractivity contribution in [2.45, 2.75) is 5.41 Å². The zero-order valence-corrected chi connectivity index (χ0v) is 31.6. The van der Waals surface area contributed by atoms with Gasteiger partial charge in [0.2, 0.25) is 0 Å². The first-order chi connectivity index (χ1) is 28.8. The fourth-order valence-corrected chi connectivity index (χ4v) is 9.04. The van der Waals surface area contributed by atoms with Crippen molar-refractivity contribution in [1.29, 1.82) is 0 Å². The Bertz CT molecular complexity index is 3110. The van der Waals surface area contributed by atoms with E-state index in [0.29, 0.717) is 5.82 Å². The highest BCUT2D eigenvalue weighted by Gasteiger charge is 2.46. The lowest BCUT2D eigenvalue weighted by molar-refractivity contribution is 0.434. The van der Waals surface area contributed by atoms with Crippen molar-refractivity contribution in [1.82, 2.24) is 9.97 Å². The predicted molar refractivity (Wildman–Crippen MR) is 237 cm³/mol. The van der Waals surface area contributed by atoms with Crippen LogP contribution in [0.1, 0.15) is 22.3 Å². The summed E-state index contributed by atoms with van der Waals surface area (Å²) in [6.45, 7) is 0. The van der Waals surface area contributed by atoms with Crippen molar-refractivity contribution in [3.05, 3.63) is 241 Å². The SMILES string of the molecule is c1ccc(-c2cc(-c3ccc4c(ccc5ccccc54)c3)nc(-c3ccccc3-c3ccccc3C3(c4ccccc4)c4ccccc4Oc4ccccc43)n2)cc1. The quantitative estimate of drug-likeness (QED) is 0.159. The van der Waals surface area contributed by atoms with Crippen LogP contribution in [0, 0.1) is 0 Å². The molecule has 0 saturated carbocycles. The molecule has 0 spiro atoms. The summed E-state index contributed by atoms with van der Waals surface area (Å²) in [7, 11) is 0. The van der Waals surface area contributed by atoms with Crippen LogP contribution in [-0.2, 0) is 5.41 Å². The highest BCUT2D eigenvalue weighted by Crippen LogP contribution is 2.57. The molecule has 10 aromatic rings. The highest BCUT2D eigenvalue weighted by molar-refractivity contribution is 6.08. The third-order valence-corrected chi connectivity index (χ3v) is 11.6.